The highest BCUT2D eigenvalue weighted by Gasteiger charge is 2.17. The summed E-state index contributed by atoms with van der Waals surface area (Å²) in [5.74, 6) is -1.11. The number of hydrogen-bond donors (Lipinski definition) is 1. The van der Waals surface area contributed by atoms with Crippen LogP contribution in [0, 0.1) is 12.7 Å². The molecule has 0 fully saturated rings. The van der Waals surface area contributed by atoms with Crippen molar-refractivity contribution in [3.8, 4) is 0 Å². The number of ether oxygens (including phenoxy) is 1. The van der Waals surface area contributed by atoms with Crippen molar-refractivity contribution in [2.45, 2.75) is 24.8 Å². The molecule has 0 saturated heterocycles. The number of nitrogens with one attached hydrogen (secondary N) is 1. The second-order valence-corrected chi connectivity index (χ2v) is 7.09. The number of carbonyl (C=O) groups excluding carboxylic acids is 1. The zero-order chi connectivity index (χ0) is 17.7. The van der Waals surface area contributed by atoms with Crippen LogP contribution >= 0.6 is 0 Å². The van der Waals surface area contributed by atoms with Gasteiger partial charge in [0.25, 0.3) is 0 Å². The Morgan fingerprint density at radius 2 is 1.71 bits per heavy atom. The standard InChI is InChI=1S/C17H18FNO4S/c1-12-3-9-16(10-4-12)24(21,22)19-11-17(20)23-13(2)14-5-7-15(18)8-6-14/h3-10,13,19H,11H2,1-2H3/t13-/m0/s1. The molecular weight excluding hydrogens is 333 g/mol. The third-order valence-electron chi connectivity index (χ3n) is 3.39. The summed E-state index contributed by atoms with van der Waals surface area (Å²) in [5, 5.41) is 0. The van der Waals surface area contributed by atoms with Crippen LogP contribution in [-0.2, 0) is 19.6 Å². The number of esters is 1. The van der Waals surface area contributed by atoms with Crippen molar-refractivity contribution in [2.24, 2.45) is 0 Å². The molecule has 2 aromatic carbocycles. The summed E-state index contributed by atoms with van der Waals surface area (Å²) in [5.41, 5.74) is 1.55. The largest absolute Gasteiger partial charge is 0.457 e. The zero-order valence-electron chi connectivity index (χ0n) is 13.3. The van der Waals surface area contributed by atoms with Crippen molar-refractivity contribution >= 4 is 16.0 Å². The molecule has 0 heterocycles. The molecule has 2 rings (SSSR count). The van der Waals surface area contributed by atoms with Crippen molar-refractivity contribution < 1.29 is 22.3 Å². The van der Waals surface area contributed by atoms with Gasteiger partial charge in [0.1, 0.15) is 18.5 Å². The van der Waals surface area contributed by atoms with Gasteiger partial charge < -0.3 is 4.74 Å². The van der Waals surface area contributed by atoms with Crippen LogP contribution in [0.25, 0.3) is 0 Å². The van der Waals surface area contributed by atoms with Gasteiger partial charge in [-0.05, 0) is 43.7 Å². The third-order valence-corrected chi connectivity index (χ3v) is 4.80. The SMILES string of the molecule is Cc1ccc(S(=O)(=O)NCC(=O)O[C@@H](C)c2ccc(F)cc2)cc1. The second-order valence-electron chi connectivity index (χ2n) is 5.32. The summed E-state index contributed by atoms with van der Waals surface area (Å²) in [4.78, 5) is 11.9. The number of hydrogen-bond acceptors (Lipinski definition) is 4. The van der Waals surface area contributed by atoms with Gasteiger partial charge in [0.2, 0.25) is 10.0 Å². The van der Waals surface area contributed by atoms with Gasteiger partial charge >= 0.3 is 5.97 Å². The molecule has 0 aromatic heterocycles. The lowest BCUT2D eigenvalue weighted by Gasteiger charge is -2.14. The molecule has 0 amide bonds. The van der Waals surface area contributed by atoms with E-state index in [1.807, 2.05) is 6.92 Å². The van der Waals surface area contributed by atoms with E-state index >= 15 is 0 Å². The summed E-state index contributed by atoms with van der Waals surface area (Å²) in [6.45, 7) is 2.99. The topological polar surface area (TPSA) is 72.5 Å². The lowest BCUT2D eigenvalue weighted by Crippen LogP contribution is -2.31. The molecule has 1 N–H and O–H groups in total. The van der Waals surface area contributed by atoms with E-state index in [2.05, 4.69) is 4.72 Å². The highest BCUT2D eigenvalue weighted by Crippen LogP contribution is 2.17. The number of rotatable bonds is 6. The summed E-state index contributed by atoms with van der Waals surface area (Å²) in [6, 6.07) is 11.8. The van der Waals surface area contributed by atoms with Crippen molar-refractivity contribution in [1.82, 2.24) is 4.72 Å². The van der Waals surface area contributed by atoms with Crippen LogP contribution in [0.2, 0.25) is 0 Å². The first kappa shape index (κ1) is 18.1. The molecule has 1 atom stereocenters. The number of sulfonamides is 1. The Hall–Kier alpha value is -2.25. The molecule has 0 aliphatic heterocycles. The zero-order valence-corrected chi connectivity index (χ0v) is 14.1. The fraction of sp³-hybridized carbons (Fsp3) is 0.235. The van der Waals surface area contributed by atoms with E-state index in [1.165, 1.54) is 36.4 Å². The summed E-state index contributed by atoms with van der Waals surface area (Å²) >= 11 is 0. The molecule has 24 heavy (non-hydrogen) atoms. The first-order valence-corrected chi connectivity index (χ1v) is 8.77. The molecule has 7 heteroatoms. The molecular formula is C17H18FNO4S. The van der Waals surface area contributed by atoms with Crippen LogP contribution in [0.15, 0.2) is 53.4 Å². The maximum Gasteiger partial charge on any atom is 0.321 e. The van der Waals surface area contributed by atoms with Crippen molar-refractivity contribution in [3.63, 3.8) is 0 Å². The first-order chi connectivity index (χ1) is 11.3. The van der Waals surface area contributed by atoms with Crippen LogP contribution in [-0.4, -0.2) is 20.9 Å². The number of aryl methyl sites for hydroxylation is 1. The number of carbonyl (C=O) groups is 1. The average molecular weight is 351 g/mol. The Labute approximate surface area is 140 Å². The van der Waals surface area contributed by atoms with Gasteiger partial charge in [0.15, 0.2) is 0 Å². The van der Waals surface area contributed by atoms with E-state index < -0.39 is 28.6 Å². The van der Waals surface area contributed by atoms with E-state index in [1.54, 1.807) is 19.1 Å². The van der Waals surface area contributed by atoms with Crippen LogP contribution in [0.3, 0.4) is 0 Å². The number of benzene rings is 2. The van der Waals surface area contributed by atoms with Gasteiger partial charge in [-0.15, -0.1) is 0 Å². The van der Waals surface area contributed by atoms with E-state index in [4.69, 9.17) is 4.74 Å². The molecule has 128 valence electrons. The van der Waals surface area contributed by atoms with Gasteiger partial charge in [-0.25, -0.2) is 12.8 Å². The summed E-state index contributed by atoms with van der Waals surface area (Å²) in [6.07, 6.45) is -0.609. The van der Waals surface area contributed by atoms with Crippen molar-refractivity contribution in [3.05, 3.63) is 65.5 Å². The molecule has 0 aliphatic rings. The molecule has 2 aromatic rings. The minimum atomic E-state index is -3.78. The number of halogens is 1. The predicted octanol–water partition coefficient (Wildman–Crippen LogP) is 2.72. The predicted molar refractivity (Wildman–Crippen MR) is 87.3 cm³/mol. The minimum absolute atomic E-state index is 0.0764. The summed E-state index contributed by atoms with van der Waals surface area (Å²) < 4.78 is 44.4. The molecule has 0 radical (unpaired) electrons. The van der Waals surface area contributed by atoms with E-state index in [0.717, 1.165) is 5.56 Å². The highest BCUT2D eigenvalue weighted by molar-refractivity contribution is 7.89. The normalized spacial score (nSPS) is 12.6. The van der Waals surface area contributed by atoms with Crippen LogP contribution in [0.4, 0.5) is 4.39 Å². The smallest absolute Gasteiger partial charge is 0.321 e. The monoisotopic (exact) mass is 351 g/mol. The Balaban J connectivity index is 1.92. The highest BCUT2D eigenvalue weighted by atomic mass is 32.2. The van der Waals surface area contributed by atoms with E-state index in [0.29, 0.717) is 5.56 Å². The molecule has 0 bridgehead atoms. The van der Waals surface area contributed by atoms with Gasteiger partial charge in [-0.2, -0.15) is 4.72 Å². The fourth-order valence-electron chi connectivity index (χ4n) is 2.00. The fourth-order valence-corrected chi connectivity index (χ4v) is 2.96. The third kappa shape index (κ3) is 4.87. The van der Waals surface area contributed by atoms with Gasteiger partial charge in [0.05, 0.1) is 4.90 Å². The van der Waals surface area contributed by atoms with Crippen LogP contribution < -0.4 is 4.72 Å². The average Bonchev–Trinajstić information content (AvgIpc) is 2.54. The minimum Gasteiger partial charge on any atom is -0.457 e. The van der Waals surface area contributed by atoms with Crippen LogP contribution in [0.5, 0.6) is 0 Å². The molecule has 0 unspecified atom stereocenters. The Morgan fingerprint density at radius 1 is 1.12 bits per heavy atom. The molecule has 0 spiro atoms. The molecule has 5 nitrogen and oxygen atoms in total. The first-order valence-electron chi connectivity index (χ1n) is 7.29. The van der Waals surface area contributed by atoms with Gasteiger partial charge in [0, 0.05) is 0 Å². The summed E-state index contributed by atoms with van der Waals surface area (Å²) in [7, 11) is -3.78. The Bertz CT molecular complexity index is 801. The molecule has 0 saturated carbocycles. The second kappa shape index (κ2) is 7.55. The lowest BCUT2D eigenvalue weighted by atomic mass is 10.1. The molecule has 0 aliphatic carbocycles. The maximum absolute atomic E-state index is 12.9. The van der Waals surface area contributed by atoms with E-state index in [-0.39, 0.29) is 10.7 Å². The Morgan fingerprint density at radius 3 is 2.29 bits per heavy atom. The quantitative estimate of drug-likeness (QED) is 0.812. The Kier molecular flexibility index (Phi) is 5.69. The van der Waals surface area contributed by atoms with E-state index in [9.17, 15) is 17.6 Å². The van der Waals surface area contributed by atoms with Crippen molar-refractivity contribution in [1.29, 1.82) is 0 Å². The van der Waals surface area contributed by atoms with Gasteiger partial charge in [-0.3, -0.25) is 4.79 Å². The lowest BCUT2D eigenvalue weighted by molar-refractivity contribution is -0.147. The van der Waals surface area contributed by atoms with Gasteiger partial charge in [-0.1, -0.05) is 29.8 Å². The van der Waals surface area contributed by atoms with Crippen LogP contribution in [0.1, 0.15) is 24.2 Å². The van der Waals surface area contributed by atoms with Crippen molar-refractivity contribution in [2.75, 3.05) is 6.54 Å². The maximum atomic E-state index is 12.9.